The third-order valence-corrected chi connectivity index (χ3v) is 4.00. The topological polar surface area (TPSA) is 28.2 Å². The molecule has 1 aromatic heterocycles. The molecule has 0 radical (unpaired) electrons. The van der Waals surface area contributed by atoms with E-state index in [4.69, 9.17) is 0 Å². The van der Waals surface area contributed by atoms with Gasteiger partial charge < -0.3 is 10.2 Å². The highest BCUT2D eigenvalue weighted by Crippen LogP contribution is 2.17. The summed E-state index contributed by atoms with van der Waals surface area (Å²) in [6.07, 6.45) is 4.25. The Morgan fingerprint density at radius 1 is 1.39 bits per heavy atom. The number of aromatic nitrogens is 1. The van der Waals surface area contributed by atoms with Crippen LogP contribution in [0.4, 0.5) is 5.82 Å². The van der Waals surface area contributed by atoms with Gasteiger partial charge in [-0.05, 0) is 74.8 Å². The molecular formula is C14H24BrN3. The van der Waals surface area contributed by atoms with E-state index in [1.54, 1.807) is 0 Å². The van der Waals surface area contributed by atoms with Crippen molar-refractivity contribution in [2.75, 3.05) is 25.5 Å². The molecule has 4 heteroatoms. The Morgan fingerprint density at radius 3 is 2.72 bits per heavy atom. The number of unbranched alkanes of at least 4 members (excludes halogenated alkanes) is 1. The number of hydrogen-bond acceptors (Lipinski definition) is 3. The summed E-state index contributed by atoms with van der Waals surface area (Å²) in [5.41, 5.74) is 1.21. The fraction of sp³-hybridized carbons (Fsp3) is 0.643. The van der Waals surface area contributed by atoms with Gasteiger partial charge in [0.15, 0.2) is 0 Å². The molecule has 0 aliphatic heterocycles. The molecule has 0 amide bonds. The van der Waals surface area contributed by atoms with E-state index < -0.39 is 0 Å². The predicted molar refractivity (Wildman–Crippen MR) is 82.2 cm³/mol. The van der Waals surface area contributed by atoms with Crippen LogP contribution in [0, 0.1) is 6.92 Å². The van der Waals surface area contributed by atoms with Crippen molar-refractivity contribution in [2.24, 2.45) is 0 Å². The van der Waals surface area contributed by atoms with Crippen molar-refractivity contribution in [3.05, 3.63) is 22.3 Å². The van der Waals surface area contributed by atoms with Gasteiger partial charge in [-0.2, -0.15) is 0 Å². The smallest absolute Gasteiger partial charge is 0.126 e. The minimum Gasteiger partial charge on any atom is -0.370 e. The fourth-order valence-electron chi connectivity index (χ4n) is 1.60. The van der Waals surface area contributed by atoms with E-state index >= 15 is 0 Å². The van der Waals surface area contributed by atoms with Gasteiger partial charge in [0.1, 0.15) is 5.82 Å². The van der Waals surface area contributed by atoms with Crippen LogP contribution in [-0.2, 0) is 0 Å². The first-order chi connectivity index (χ1) is 8.50. The molecule has 1 heterocycles. The van der Waals surface area contributed by atoms with Crippen LogP contribution in [-0.4, -0.2) is 36.1 Å². The van der Waals surface area contributed by atoms with E-state index in [-0.39, 0.29) is 0 Å². The Morgan fingerprint density at radius 2 is 2.11 bits per heavy atom. The average Bonchev–Trinajstić information content (AvgIpc) is 2.32. The molecule has 3 nitrogen and oxygen atoms in total. The molecule has 1 rings (SSSR count). The van der Waals surface area contributed by atoms with Crippen LogP contribution in [0.3, 0.4) is 0 Å². The lowest BCUT2D eigenvalue weighted by atomic mass is 10.2. The maximum atomic E-state index is 4.33. The van der Waals surface area contributed by atoms with Crippen LogP contribution in [0.1, 0.15) is 32.3 Å². The SMILES string of the molecule is Cc1cc(NCCCCN(C)C(C)C)ncc1Br. The van der Waals surface area contributed by atoms with E-state index in [1.807, 2.05) is 6.20 Å². The summed E-state index contributed by atoms with van der Waals surface area (Å²) in [5, 5.41) is 3.37. The predicted octanol–water partition coefficient (Wildman–Crippen LogP) is 3.68. The summed E-state index contributed by atoms with van der Waals surface area (Å²) in [6.45, 7) is 8.68. The van der Waals surface area contributed by atoms with Crippen molar-refractivity contribution in [2.45, 2.75) is 39.7 Å². The second kappa shape index (κ2) is 7.74. The number of aryl methyl sites for hydroxylation is 1. The fourth-order valence-corrected chi connectivity index (χ4v) is 1.81. The van der Waals surface area contributed by atoms with Gasteiger partial charge >= 0.3 is 0 Å². The Balaban J connectivity index is 2.20. The molecule has 0 spiro atoms. The first-order valence-corrected chi connectivity index (χ1v) is 7.36. The van der Waals surface area contributed by atoms with Gasteiger partial charge in [0.2, 0.25) is 0 Å². The molecule has 0 saturated carbocycles. The third-order valence-electron chi connectivity index (χ3n) is 3.17. The van der Waals surface area contributed by atoms with Crippen LogP contribution in [0.5, 0.6) is 0 Å². The Kier molecular flexibility index (Phi) is 6.65. The first-order valence-electron chi connectivity index (χ1n) is 6.57. The second-order valence-electron chi connectivity index (χ2n) is 5.03. The maximum Gasteiger partial charge on any atom is 0.126 e. The number of anilines is 1. The van der Waals surface area contributed by atoms with E-state index in [1.165, 1.54) is 18.4 Å². The van der Waals surface area contributed by atoms with E-state index in [2.05, 4.69) is 65.0 Å². The molecule has 0 fully saturated rings. The zero-order valence-electron chi connectivity index (χ0n) is 11.8. The highest BCUT2D eigenvalue weighted by molar-refractivity contribution is 9.10. The molecule has 102 valence electrons. The molecule has 0 aliphatic carbocycles. The van der Waals surface area contributed by atoms with Crippen LogP contribution in [0.2, 0.25) is 0 Å². The van der Waals surface area contributed by atoms with Crippen molar-refractivity contribution >= 4 is 21.7 Å². The van der Waals surface area contributed by atoms with Gasteiger partial charge in [0.05, 0.1) is 0 Å². The number of halogens is 1. The van der Waals surface area contributed by atoms with Gasteiger partial charge in [-0.3, -0.25) is 0 Å². The maximum absolute atomic E-state index is 4.33. The molecular weight excluding hydrogens is 290 g/mol. The zero-order valence-corrected chi connectivity index (χ0v) is 13.4. The lowest BCUT2D eigenvalue weighted by molar-refractivity contribution is 0.269. The van der Waals surface area contributed by atoms with Gasteiger partial charge in [-0.25, -0.2) is 4.98 Å². The second-order valence-corrected chi connectivity index (χ2v) is 5.88. The first kappa shape index (κ1) is 15.4. The third kappa shape index (κ3) is 5.36. The van der Waals surface area contributed by atoms with E-state index in [0.29, 0.717) is 6.04 Å². The Hall–Kier alpha value is -0.610. The van der Waals surface area contributed by atoms with Crippen LogP contribution in [0.15, 0.2) is 16.7 Å². The van der Waals surface area contributed by atoms with Crippen molar-refractivity contribution in [1.82, 2.24) is 9.88 Å². The standard InChI is InChI=1S/C14H24BrN3/c1-11(2)18(4)8-6-5-7-16-14-9-12(3)13(15)10-17-14/h9-11H,5-8H2,1-4H3,(H,16,17). The summed E-state index contributed by atoms with van der Waals surface area (Å²) < 4.78 is 1.06. The minimum atomic E-state index is 0.633. The van der Waals surface area contributed by atoms with Gasteiger partial charge in [0.25, 0.3) is 0 Å². The zero-order chi connectivity index (χ0) is 13.5. The number of hydrogen-bond donors (Lipinski definition) is 1. The highest BCUT2D eigenvalue weighted by Gasteiger charge is 2.02. The minimum absolute atomic E-state index is 0.633. The highest BCUT2D eigenvalue weighted by atomic mass is 79.9. The normalized spacial score (nSPS) is 11.3. The van der Waals surface area contributed by atoms with E-state index in [0.717, 1.165) is 23.4 Å². The molecule has 0 aliphatic rings. The number of nitrogens with zero attached hydrogens (tertiary/aromatic N) is 2. The monoisotopic (exact) mass is 313 g/mol. The molecule has 0 bridgehead atoms. The summed E-state index contributed by atoms with van der Waals surface area (Å²) in [5.74, 6) is 0.966. The van der Waals surface area contributed by atoms with Crippen LogP contribution >= 0.6 is 15.9 Å². The molecule has 1 N–H and O–H groups in total. The van der Waals surface area contributed by atoms with Gasteiger partial charge in [-0.1, -0.05) is 0 Å². The van der Waals surface area contributed by atoms with Crippen LogP contribution in [0.25, 0.3) is 0 Å². The van der Waals surface area contributed by atoms with E-state index in [9.17, 15) is 0 Å². The lowest BCUT2D eigenvalue weighted by Gasteiger charge is -2.20. The molecule has 0 atom stereocenters. The number of nitrogens with one attached hydrogen (secondary N) is 1. The van der Waals surface area contributed by atoms with Crippen molar-refractivity contribution in [3.8, 4) is 0 Å². The van der Waals surface area contributed by atoms with Gasteiger partial charge in [-0.15, -0.1) is 0 Å². The van der Waals surface area contributed by atoms with Crippen molar-refractivity contribution in [1.29, 1.82) is 0 Å². The quantitative estimate of drug-likeness (QED) is 0.778. The summed E-state index contributed by atoms with van der Waals surface area (Å²) in [4.78, 5) is 6.71. The van der Waals surface area contributed by atoms with Crippen molar-refractivity contribution < 1.29 is 0 Å². The Bertz CT molecular complexity index is 366. The number of pyridine rings is 1. The Labute approximate surface area is 119 Å². The average molecular weight is 314 g/mol. The summed E-state index contributed by atoms with van der Waals surface area (Å²) in [6, 6.07) is 2.71. The largest absolute Gasteiger partial charge is 0.370 e. The van der Waals surface area contributed by atoms with Gasteiger partial charge in [0, 0.05) is 23.3 Å². The molecule has 0 unspecified atom stereocenters. The van der Waals surface area contributed by atoms with Crippen molar-refractivity contribution in [3.63, 3.8) is 0 Å². The lowest BCUT2D eigenvalue weighted by Crippen LogP contribution is -2.27. The summed E-state index contributed by atoms with van der Waals surface area (Å²) in [7, 11) is 2.18. The molecule has 18 heavy (non-hydrogen) atoms. The molecule has 0 aromatic carbocycles. The summed E-state index contributed by atoms with van der Waals surface area (Å²) >= 11 is 3.46. The van der Waals surface area contributed by atoms with Crippen LogP contribution < -0.4 is 5.32 Å². The molecule has 0 saturated heterocycles. The number of rotatable bonds is 7. The molecule has 1 aromatic rings.